The topological polar surface area (TPSA) is 65.7 Å². The predicted octanol–water partition coefficient (Wildman–Crippen LogP) is 3.98. The Labute approximate surface area is 153 Å². The molecule has 1 unspecified atom stereocenters. The number of hydrogen-bond acceptors (Lipinski definition) is 5. The zero-order valence-corrected chi connectivity index (χ0v) is 15.4. The van der Waals surface area contributed by atoms with Gasteiger partial charge in [0, 0.05) is 16.6 Å². The van der Waals surface area contributed by atoms with E-state index < -0.39 is 0 Å². The molecule has 0 amide bonds. The van der Waals surface area contributed by atoms with Gasteiger partial charge in [-0.05, 0) is 36.7 Å². The Bertz CT molecular complexity index is 789. The van der Waals surface area contributed by atoms with Crippen molar-refractivity contribution >= 4 is 11.9 Å². The summed E-state index contributed by atoms with van der Waals surface area (Å²) in [5.41, 5.74) is 0.944. The molecule has 2 aliphatic carbocycles. The second-order valence-electron chi connectivity index (χ2n) is 8.14. The fourth-order valence-electron chi connectivity index (χ4n) is 5.44. The maximum atomic E-state index is 12.8. The summed E-state index contributed by atoms with van der Waals surface area (Å²) in [5, 5.41) is 0. The van der Waals surface area contributed by atoms with Gasteiger partial charge in [0.1, 0.15) is 6.10 Å². The summed E-state index contributed by atoms with van der Waals surface area (Å²) in [7, 11) is 1.42. The molecule has 0 radical (unpaired) electrons. The maximum Gasteiger partial charge on any atom is 0.334 e. The number of carbonyl (C=O) groups is 2. The van der Waals surface area contributed by atoms with Crippen molar-refractivity contribution in [1.82, 2.24) is 0 Å². The lowest BCUT2D eigenvalue weighted by molar-refractivity contribution is -0.186. The maximum absolute atomic E-state index is 12.8. The molecule has 0 bridgehead atoms. The van der Waals surface area contributed by atoms with Gasteiger partial charge in [0.15, 0.2) is 0 Å². The average Bonchev–Trinajstić information content (AvgIpc) is 3.14. The van der Waals surface area contributed by atoms with Crippen molar-refractivity contribution in [2.75, 3.05) is 7.11 Å². The molecule has 26 heavy (non-hydrogen) atoms. The van der Waals surface area contributed by atoms with Crippen molar-refractivity contribution in [2.45, 2.75) is 39.2 Å². The fraction of sp³-hybridized carbons (Fsp3) is 0.524. The lowest BCUT2D eigenvalue weighted by atomic mass is 9.47. The van der Waals surface area contributed by atoms with E-state index in [0.29, 0.717) is 18.4 Å². The first-order chi connectivity index (χ1) is 12.4. The number of carbonyl (C=O) groups excluding carboxylic acids is 2. The second kappa shape index (κ2) is 5.86. The van der Waals surface area contributed by atoms with Crippen LogP contribution in [0.2, 0.25) is 0 Å². The van der Waals surface area contributed by atoms with Gasteiger partial charge in [0.2, 0.25) is 0 Å². The standard InChI is InChI=1S/C21H24O5/c1-20-9-7-15-19(23)26-16(13-8-10-25-12-13)11-21(15,2)17(20)6-4-5-14(20)18(22)24-3/h4-6,8,10,12,15-17H,7,9,11H2,1-3H3/t15-,16?,17-,20-,21-/m0/s1. The van der Waals surface area contributed by atoms with Crippen molar-refractivity contribution in [3.63, 3.8) is 0 Å². The molecule has 0 spiro atoms. The van der Waals surface area contributed by atoms with Gasteiger partial charge in [-0.15, -0.1) is 0 Å². The highest BCUT2D eigenvalue weighted by molar-refractivity contribution is 5.91. The number of esters is 2. The second-order valence-corrected chi connectivity index (χ2v) is 8.14. The largest absolute Gasteiger partial charge is 0.472 e. The molecule has 2 fully saturated rings. The zero-order chi connectivity index (χ0) is 18.5. The minimum absolute atomic E-state index is 0.0649. The van der Waals surface area contributed by atoms with Crippen molar-refractivity contribution in [3.8, 4) is 0 Å². The number of hydrogen-bond donors (Lipinski definition) is 0. The van der Waals surface area contributed by atoms with Crippen LogP contribution in [0, 0.1) is 22.7 Å². The molecule has 0 N–H and O–H groups in total. The highest BCUT2D eigenvalue weighted by Gasteiger charge is 2.60. The van der Waals surface area contributed by atoms with E-state index in [-0.39, 0.29) is 40.7 Å². The van der Waals surface area contributed by atoms with Gasteiger partial charge >= 0.3 is 11.9 Å². The van der Waals surface area contributed by atoms with Crippen LogP contribution in [0.25, 0.3) is 0 Å². The van der Waals surface area contributed by atoms with E-state index in [2.05, 4.69) is 19.9 Å². The molecule has 1 aromatic rings. The highest BCUT2D eigenvalue weighted by Crippen LogP contribution is 2.63. The molecule has 3 aliphatic rings. The minimum atomic E-state index is -0.342. The normalized spacial score (nSPS) is 38.7. The number of cyclic esters (lactones) is 1. The summed E-state index contributed by atoms with van der Waals surface area (Å²) in [5.74, 6) is -0.524. The van der Waals surface area contributed by atoms with Crippen LogP contribution in [0.4, 0.5) is 0 Å². The van der Waals surface area contributed by atoms with E-state index in [1.165, 1.54) is 7.11 Å². The Balaban J connectivity index is 1.74. The summed E-state index contributed by atoms with van der Waals surface area (Å²) in [4.78, 5) is 25.2. The summed E-state index contributed by atoms with van der Waals surface area (Å²) < 4.78 is 16.0. The fourth-order valence-corrected chi connectivity index (χ4v) is 5.44. The Morgan fingerprint density at radius 1 is 1.35 bits per heavy atom. The molecule has 5 heteroatoms. The van der Waals surface area contributed by atoms with Crippen LogP contribution >= 0.6 is 0 Å². The van der Waals surface area contributed by atoms with E-state index in [1.54, 1.807) is 12.5 Å². The third-order valence-corrected chi connectivity index (χ3v) is 6.82. The monoisotopic (exact) mass is 356 g/mol. The van der Waals surface area contributed by atoms with Crippen LogP contribution in [0.3, 0.4) is 0 Å². The third-order valence-electron chi connectivity index (χ3n) is 6.82. The van der Waals surface area contributed by atoms with Crippen LogP contribution in [0.5, 0.6) is 0 Å². The van der Waals surface area contributed by atoms with Crippen molar-refractivity contribution in [3.05, 3.63) is 48.0 Å². The van der Waals surface area contributed by atoms with Crippen LogP contribution in [0.1, 0.15) is 44.8 Å². The van der Waals surface area contributed by atoms with Crippen LogP contribution in [-0.4, -0.2) is 19.0 Å². The molecule has 5 nitrogen and oxygen atoms in total. The van der Waals surface area contributed by atoms with Crippen molar-refractivity contribution in [1.29, 1.82) is 0 Å². The number of fused-ring (bicyclic) bond motifs is 3. The summed E-state index contributed by atoms with van der Waals surface area (Å²) >= 11 is 0. The van der Waals surface area contributed by atoms with Crippen LogP contribution in [-0.2, 0) is 19.1 Å². The molecule has 1 saturated heterocycles. The molecule has 138 valence electrons. The number of allylic oxidation sites excluding steroid dienone is 3. The number of methoxy groups -OCH3 is 1. The van der Waals surface area contributed by atoms with Gasteiger partial charge in [-0.25, -0.2) is 4.79 Å². The van der Waals surface area contributed by atoms with Gasteiger partial charge in [-0.1, -0.05) is 32.1 Å². The molecule has 0 aromatic carbocycles. The molecule has 5 atom stereocenters. The average molecular weight is 356 g/mol. The van der Waals surface area contributed by atoms with Gasteiger partial charge in [-0.3, -0.25) is 4.79 Å². The summed E-state index contributed by atoms with van der Waals surface area (Å²) in [6.07, 6.45) is 11.1. The van der Waals surface area contributed by atoms with Crippen LogP contribution < -0.4 is 0 Å². The summed E-state index contributed by atoms with van der Waals surface area (Å²) in [6.45, 7) is 4.29. The first kappa shape index (κ1) is 17.1. The van der Waals surface area contributed by atoms with E-state index in [0.717, 1.165) is 12.0 Å². The Kier molecular flexibility index (Phi) is 3.86. The number of furan rings is 1. The lowest BCUT2D eigenvalue weighted by Crippen LogP contribution is -2.55. The Morgan fingerprint density at radius 3 is 2.85 bits per heavy atom. The van der Waals surface area contributed by atoms with Gasteiger partial charge < -0.3 is 13.9 Å². The number of ether oxygens (including phenoxy) is 2. The molecule has 1 saturated carbocycles. The predicted molar refractivity (Wildman–Crippen MR) is 93.8 cm³/mol. The molecule has 1 aromatic heterocycles. The molecular formula is C21H24O5. The van der Waals surface area contributed by atoms with E-state index in [1.807, 2.05) is 18.2 Å². The zero-order valence-electron chi connectivity index (χ0n) is 15.4. The molecule has 4 rings (SSSR count). The van der Waals surface area contributed by atoms with E-state index in [4.69, 9.17) is 13.9 Å². The quantitative estimate of drug-likeness (QED) is 0.750. The number of rotatable bonds is 2. The van der Waals surface area contributed by atoms with Gasteiger partial charge in [0.25, 0.3) is 0 Å². The first-order valence-corrected chi connectivity index (χ1v) is 9.10. The van der Waals surface area contributed by atoms with Crippen molar-refractivity contribution < 1.29 is 23.5 Å². The SMILES string of the molecule is COC(=O)C1=CC=C[C@@H]2[C@@]3(C)CC(c4ccoc4)OC(=O)[C@@H]3CC[C@@]12C. The van der Waals surface area contributed by atoms with E-state index >= 15 is 0 Å². The molecule has 1 aliphatic heterocycles. The Morgan fingerprint density at radius 2 is 2.15 bits per heavy atom. The first-order valence-electron chi connectivity index (χ1n) is 9.10. The van der Waals surface area contributed by atoms with Gasteiger partial charge in [-0.2, -0.15) is 0 Å². The van der Waals surface area contributed by atoms with Crippen molar-refractivity contribution in [2.24, 2.45) is 22.7 Å². The highest BCUT2D eigenvalue weighted by atomic mass is 16.5. The molecular weight excluding hydrogens is 332 g/mol. The van der Waals surface area contributed by atoms with Gasteiger partial charge in [0.05, 0.1) is 25.6 Å². The molecule has 2 heterocycles. The van der Waals surface area contributed by atoms with E-state index in [9.17, 15) is 9.59 Å². The lowest BCUT2D eigenvalue weighted by Gasteiger charge is -2.58. The van der Waals surface area contributed by atoms with Crippen LogP contribution in [0.15, 0.2) is 46.8 Å². The summed E-state index contributed by atoms with van der Waals surface area (Å²) in [6, 6.07) is 1.85. The minimum Gasteiger partial charge on any atom is -0.472 e. The third kappa shape index (κ3) is 2.29. The smallest absolute Gasteiger partial charge is 0.334 e. The Hall–Kier alpha value is -2.30.